The molecule has 4 heteroatoms. The van der Waals surface area contributed by atoms with Gasteiger partial charge in [0.2, 0.25) is 0 Å². The second-order valence-electron chi connectivity index (χ2n) is 4.62. The van der Waals surface area contributed by atoms with Gasteiger partial charge in [0.05, 0.1) is 10.6 Å². The summed E-state index contributed by atoms with van der Waals surface area (Å²) in [5.74, 6) is 0.509. The number of rotatable bonds is 4. The molecule has 0 aliphatic heterocycles. The molecule has 0 heterocycles. The summed E-state index contributed by atoms with van der Waals surface area (Å²) in [6.07, 6.45) is 4.96. The van der Waals surface area contributed by atoms with Crippen molar-refractivity contribution in [1.82, 2.24) is 0 Å². The van der Waals surface area contributed by atoms with Gasteiger partial charge in [0.25, 0.3) is 0 Å². The summed E-state index contributed by atoms with van der Waals surface area (Å²) in [5.41, 5.74) is 0.414. The van der Waals surface area contributed by atoms with Crippen LogP contribution >= 0.6 is 0 Å². The van der Waals surface area contributed by atoms with Gasteiger partial charge in [0, 0.05) is 5.56 Å². The number of hydrogen-bond donors (Lipinski definition) is 0. The molecule has 0 amide bonds. The first kappa shape index (κ1) is 12.3. The monoisotopic (exact) mass is 252 g/mol. The number of aldehydes is 1. The van der Waals surface area contributed by atoms with Crippen molar-refractivity contribution in [2.24, 2.45) is 5.92 Å². The van der Waals surface area contributed by atoms with Crippen LogP contribution in [0.4, 0.5) is 0 Å². The van der Waals surface area contributed by atoms with E-state index in [0.717, 1.165) is 25.7 Å². The van der Waals surface area contributed by atoms with Gasteiger partial charge in [-0.2, -0.15) is 0 Å². The van der Waals surface area contributed by atoms with E-state index in [1.807, 2.05) is 0 Å². The van der Waals surface area contributed by atoms with Crippen molar-refractivity contribution in [1.29, 1.82) is 0 Å². The van der Waals surface area contributed by atoms with Gasteiger partial charge in [-0.05, 0) is 30.9 Å². The summed E-state index contributed by atoms with van der Waals surface area (Å²) in [6, 6.07) is 6.25. The Hall–Kier alpha value is -1.16. The van der Waals surface area contributed by atoms with Crippen molar-refractivity contribution in [2.45, 2.75) is 30.6 Å². The highest BCUT2D eigenvalue weighted by molar-refractivity contribution is 7.91. The molecular weight excluding hydrogens is 236 g/mol. The van der Waals surface area contributed by atoms with Crippen molar-refractivity contribution in [3.05, 3.63) is 29.8 Å². The third-order valence-corrected chi connectivity index (χ3v) is 5.17. The first-order valence-electron chi connectivity index (χ1n) is 5.90. The van der Waals surface area contributed by atoms with Gasteiger partial charge in [0.1, 0.15) is 6.29 Å². The van der Waals surface area contributed by atoms with Crippen molar-refractivity contribution >= 4 is 16.1 Å². The normalized spacial score (nSPS) is 17.2. The molecule has 0 spiro atoms. The maximum absolute atomic E-state index is 12.1. The van der Waals surface area contributed by atoms with E-state index < -0.39 is 9.84 Å². The lowest BCUT2D eigenvalue weighted by atomic mass is 10.1. The molecule has 1 aromatic rings. The van der Waals surface area contributed by atoms with E-state index in [2.05, 4.69) is 0 Å². The highest BCUT2D eigenvalue weighted by Gasteiger charge is 2.24. The van der Waals surface area contributed by atoms with E-state index in [-0.39, 0.29) is 10.6 Å². The van der Waals surface area contributed by atoms with E-state index in [9.17, 15) is 13.2 Å². The lowest BCUT2D eigenvalue weighted by molar-refractivity contribution is 0.112. The zero-order chi connectivity index (χ0) is 12.3. The third-order valence-electron chi connectivity index (χ3n) is 3.28. The highest BCUT2D eigenvalue weighted by atomic mass is 32.2. The van der Waals surface area contributed by atoms with Crippen LogP contribution in [0.25, 0.3) is 0 Å². The van der Waals surface area contributed by atoms with Gasteiger partial charge in [-0.1, -0.05) is 25.0 Å². The molecule has 17 heavy (non-hydrogen) atoms. The maximum Gasteiger partial charge on any atom is 0.178 e. The third kappa shape index (κ3) is 2.94. The largest absolute Gasteiger partial charge is 0.298 e. The minimum atomic E-state index is -3.24. The van der Waals surface area contributed by atoms with E-state index in [1.165, 1.54) is 6.07 Å². The summed E-state index contributed by atoms with van der Waals surface area (Å²) in [7, 11) is -3.24. The van der Waals surface area contributed by atoms with E-state index in [0.29, 0.717) is 17.8 Å². The molecule has 2 rings (SSSR count). The highest BCUT2D eigenvalue weighted by Crippen LogP contribution is 2.28. The summed E-state index contributed by atoms with van der Waals surface area (Å²) in [5, 5.41) is 0. The Kier molecular flexibility index (Phi) is 3.62. The van der Waals surface area contributed by atoms with E-state index >= 15 is 0 Å². The zero-order valence-corrected chi connectivity index (χ0v) is 10.4. The Morgan fingerprint density at radius 2 is 1.94 bits per heavy atom. The van der Waals surface area contributed by atoms with Crippen LogP contribution in [0.5, 0.6) is 0 Å². The summed E-state index contributed by atoms with van der Waals surface area (Å²) < 4.78 is 24.3. The Balaban J connectivity index is 2.21. The van der Waals surface area contributed by atoms with Gasteiger partial charge >= 0.3 is 0 Å². The quantitative estimate of drug-likeness (QED) is 0.773. The van der Waals surface area contributed by atoms with Gasteiger partial charge in [-0.3, -0.25) is 4.79 Å². The lowest BCUT2D eigenvalue weighted by Gasteiger charge is -2.10. The standard InChI is InChI=1S/C13H16O3S/c14-9-12-6-3-7-13(8-12)17(15,16)10-11-4-1-2-5-11/h3,6-9,11H,1-2,4-5,10H2. The van der Waals surface area contributed by atoms with Crippen molar-refractivity contribution < 1.29 is 13.2 Å². The van der Waals surface area contributed by atoms with Crippen LogP contribution in [0.1, 0.15) is 36.0 Å². The lowest BCUT2D eigenvalue weighted by Crippen LogP contribution is -2.14. The summed E-state index contributed by atoms with van der Waals surface area (Å²) in [4.78, 5) is 10.9. The summed E-state index contributed by atoms with van der Waals surface area (Å²) in [6.45, 7) is 0. The van der Waals surface area contributed by atoms with Crippen LogP contribution in [0.2, 0.25) is 0 Å². The van der Waals surface area contributed by atoms with Crippen molar-refractivity contribution in [2.75, 3.05) is 5.75 Å². The minimum Gasteiger partial charge on any atom is -0.298 e. The molecule has 1 aliphatic rings. The molecule has 1 fully saturated rings. The molecule has 1 saturated carbocycles. The summed E-state index contributed by atoms with van der Waals surface area (Å²) >= 11 is 0. The molecule has 0 radical (unpaired) electrons. The number of carbonyl (C=O) groups is 1. The van der Waals surface area contributed by atoms with Crippen LogP contribution in [-0.2, 0) is 9.84 Å². The van der Waals surface area contributed by atoms with Gasteiger partial charge in [-0.25, -0.2) is 8.42 Å². The number of hydrogen-bond acceptors (Lipinski definition) is 3. The molecule has 1 aromatic carbocycles. The molecule has 3 nitrogen and oxygen atoms in total. The van der Waals surface area contributed by atoms with Crippen LogP contribution in [0.3, 0.4) is 0 Å². The predicted molar refractivity (Wildman–Crippen MR) is 65.8 cm³/mol. The SMILES string of the molecule is O=Cc1cccc(S(=O)(=O)CC2CCCC2)c1. The molecule has 0 aromatic heterocycles. The Morgan fingerprint density at radius 1 is 1.24 bits per heavy atom. The van der Waals surface area contributed by atoms with Crippen LogP contribution in [0, 0.1) is 5.92 Å². The molecular formula is C13H16O3S. The fourth-order valence-corrected chi connectivity index (χ4v) is 4.11. The van der Waals surface area contributed by atoms with Gasteiger partial charge in [-0.15, -0.1) is 0 Å². The maximum atomic E-state index is 12.1. The molecule has 0 bridgehead atoms. The fourth-order valence-electron chi connectivity index (χ4n) is 2.36. The Morgan fingerprint density at radius 3 is 2.59 bits per heavy atom. The average molecular weight is 252 g/mol. The fraction of sp³-hybridized carbons (Fsp3) is 0.462. The topological polar surface area (TPSA) is 51.2 Å². The predicted octanol–water partition coefficient (Wildman–Crippen LogP) is 2.46. The van der Waals surface area contributed by atoms with E-state index in [4.69, 9.17) is 0 Å². The van der Waals surface area contributed by atoms with Gasteiger partial charge < -0.3 is 0 Å². The second kappa shape index (κ2) is 5.00. The molecule has 0 atom stereocenters. The van der Waals surface area contributed by atoms with Crippen molar-refractivity contribution in [3.8, 4) is 0 Å². The van der Waals surface area contributed by atoms with Crippen LogP contribution in [0.15, 0.2) is 29.2 Å². The molecule has 92 valence electrons. The first-order chi connectivity index (χ1) is 8.12. The number of benzene rings is 1. The average Bonchev–Trinajstić information content (AvgIpc) is 2.81. The number of carbonyl (C=O) groups excluding carboxylic acids is 1. The van der Waals surface area contributed by atoms with Crippen molar-refractivity contribution in [3.63, 3.8) is 0 Å². The minimum absolute atomic E-state index is 0.218. The first-order valence-corrected chi connectivity index (χ1v) is 7.55. The number of sulfone groups is 1. The molecule has 0 N–H and O–H groups in total. The molecule has 1 aliphatic carbocycles. The smallest absolute Gasteiger partial charge is 0.178 e. The molecule has 0 saturated heterocycles. The Bertz CT molecular complexity index is 499. The zero-order valence-electron chi connectivity index (χ0n) is 9.63. The van der Waals surface area contributed by atoms with Crippen LogP contribution < -0.4 is 0 Å². The second-order valence-corrected chi connectivity index (χ2v) is 6.66. The van der Waals surface area contributed by atoms with Crippen LogP contribution in [-0.4, -0.2) is 20.5 Å². The van der Waals surface area contributed by atoms with E-state index in [1.54, 1.807) is 18.2 Å². The van der Waals surface area contributed by atoms with Gasteiger partial charge in [0.15, 0.2) is 9.84 Å². The molecule has 0 unspecified atom stereocenters. The Labute approximate surface area is 102 Å².